The van der Waals surface area contributed by atoms with Crippen LogP contribution in [-0.2, 0) is 17.8 Å². The lowest BCUT2D eigenvalue weighted by molar-refractivity contribution is -0.122. The third-order valence-electron chi connectivity index (χ3n) is 7.01. The average molecular weight is 620 g/mol. The van der Waals surface area contributed by atoms with Gasteiger partial charge in [0, 0.05) is 30.4 Å². The van der Waals surface area contributed by atoms with Gasteiger partial charge < -0.3 is 10.6 Å². The minimum Gasteiger partial charge on any atom is -0.355 e. The molecule has 0 bridgehead atoms. The fraction of sp³-hybridized carbons (Fsp3) is 0.152. The van der Waals surface area contributed by atoms with Crippen LogP contribution in [0, 0.1) is 17.5 Å². The molecule has 12 heteroatoms. The molecule has 45 heavy (non-hydrogen) atoms. The van der Waals surface area contributed by atoms with Gasteiger partial charge in [0.15, 0.2) is 0 Å². The smallest absolute Gasteiger partial charge is 0.280 e. The quantitative estimate of drug-likeness (QED) is 0.177. The topological polar surface area (TPSA) is 88.9 Å². The Morgan fingerprint density at radius 2 is 1.60 bits per heavy atom. The molecule has 230 valence electrons. The maximum Gasteiger partial charge on any atom is 0.280 e. The Morgan fingerprint density at radius 1 is 0.867 bits per heavy atom. The normalized spacial score (nSPS) is 11.8. The molecule has 0 fully saturated rings. The Hall–Kier alpha value is -5.39. The van der Waals surface area contributed by atoms with E-state index in [2.05, 4.69) is 20.7 Å². The van der Waals surface area contributed by atoms with Gasteiger partial charge in [0.2, 0.25) is 5.91 Å². The number of amides is 2. The predicted molar refractivity (Wildman–Crippen MR) is 157 cm³/mol. The Labute approximate surface area is 254 Å². The van der Waals surface area contributed by atoms with Crippen LogP contribution in [0.25, 0.3) is 22.4 Å². The number of hydrogen-bond donors (Lipinski definition) is 2. The van der Waals surface area contributed by atoms with Gasteiger partial charge in [-0.15, -0.1) is 0 Å². The van der Waals surface area contributed by atoms with Crippen molar-refractivity contribution in [1.29, 1.82) is 0 Å². The number of alkyl halides is 2. The third kappa shape index (κ3) is 7.23. The van der Waals surface area contributed by atoms with Crippen molar-refractivity contribution < 1.29 is 31.5 Å². The van der Waals surface area contributed by atoms with Crippen LogP contribution in [0.1, 0.15) is 39.8 Å². The summed E-state index contributed by atoms with van der Waals surface area (Å²) in [6.07, 6.45) is -1.64. The van der Waals surface area contributed by atoms with Gasteiger partial charge in [-0.05, 0) is 53.9 Å². The van der Waals surface area contributed by atoms with E-state index in [9.17, 15) is 31.5 Å². The number of rotatable bonds is 10. The van der Waals surface area contributed by atoms with Crippen molar-refractivity contribution in [3.63, 3.8) is 0 Å². The first-order valence-electron chi connectivity index (χ1n) is 13.8. The molecule has 0 radical (unpaired) electrons. The lowest BCUT2D eigenvalue weighted by Crippen LogP contribution is -2.34. The molecule has 2 amide bonds. The maximum atomic E-state index is 14.5. The van der Waals surface area contributed by atoms with E-state index in [0.29, 0.717) is 22.8 Å². The number of pyridine rings is 1. The van der Waals surface area contributed by atoms with Crippen LogP contribution in [0.5, 0.6) is 0 Å². The van der Waals surface area contributed by atoms with E-state index >= 15 is 0 Å². The minimum absolute atomic E-state index is 0.149. The van der Waals surface area contributed by atoms with Crippen molar-refractivity contribution >= 4 is 11.8 Å². The number of aromatic nitrogens is 3. The van der Waals surface area contributed by atoms with Crippen molar-refractivity contribution in [1.82, 2.24) is 25.4 Å². The fourth-order valence-corrected chi connectivity index (χ4v) is 4.98. The van der Waals surface area contributed by atoms with E-state index in [1.165, 1.54) is 31.4 Å². The van der Waals surface area contributed by atoms with Gasteiger partial charge in [0.25, 0.3) is 12.3 Å². The second-order valence-corrected chi connectivity index (χ2v) is 10.1. The molecular formula is C33H26F5N5O2. The van der Waals surface area contributed by atoms with Crippen LogP contribution < -0.4 is 10.6 Å². The molecule has 0 aliphatic heterocycles. The molecule has 5 aromatic rings. The molecule has 2 N–H and O–H groups in total. The zero-order valence-corrected chi connectivity index (χ0v) is 23.8. The molecule has 2 heterocycles. The molecule has 0 unspecified atom stereocenters. The highest BCUT2D eigenvalue weighted by molar-refractivity contribution is 5.95. The van der Waals surface area contributed by atoms with E-state index < -0.39 is 54.0 Å². The van der Waals surface area contributed by atoms with Crippen molar-refractivity contribution in [3.05, 3.63) is 131 Å². The SMILES string of the molecule is CNC(=O)c1cc(-c2cccnc2[C@H](Cc2cc(F)cc(F)c2)NC(=O)Cn2nc(-c3ccccc3)cc2C(F)F)ccc1F. The van der Waals surface area contributed by atoms with Crippen molar-refractivity contribution in [3.8, 4) is 22.4 Å². The Balaban J connectivity index is 1.52. The number of carbonyl (C=O) groups is 2. The summed E-state index contributed by atoms with van der Waals surface area (Å²) in [4.78, 5) is 30.1. The maximum absolute atomic E-state index is 14.5. The van der Waals surface area contributed by atoms with Gasteiger partial charge in [0.1, 0.15) is 29.7 Å². The molecule has 3 aromatic carbocycles. The first-order chi connectivity index (χ1) is 21.6. The van der Waals surface area contributed by atoms with Crippen LogP contribution in [0.2, 0.25) is 0 Å². The molecule has 0 spiro atoms. The first-order valence-corrected chi connectivity index (χ1v) is 13.8. The van der Waals surface area contributed by atoms with Gasteiger partial charge in [-0.2, -0.15) is 5.10 Å². The molecule has 7 nitrogen and oxygen atoms in total. The summed E-state index contributed by atoms with van der Waals surface area (Å²) in [6, 6.07) is 18.8. The molecule has 0 saturated carbocycles. The van der Waals surface area contributed by atoms with Crippen molar-refractivity contribution in [2.75, 3.05) is 7.05 Å². The standard InChI is InChI=1S/C33H26F5N5O2/c1-39-33(45)25-15-21(9-10-26(25)36)24-8-5-11-40-31(24)28(14-19-12-22(34)16-23(35)13-19)41-30(44)18-43-29(32(37)38)17-27(42-43)20-6-3-2-4-7-20/h2-13,15-17,28,32H,14,18H2,1H3,(H,39,45)(H,41,44)/t28-/m0/s1. The highest BCUT2D eigenvalue weighted by atomic mass is 19.3. The van der Waals surface area contributed by atoms with Gasteiger partial charge in [-0.25, -0.2) is 22.0 Å². The Morgan fingerprint density at radius 3 is 2.29 bits per heavy atom. The summed E-state index contributed by atoms with van der Waals surface area (Å²) in [5.74, 6) is -3.83. The summed E-state index contributed by atoms with van der Waals surface area (Å²) in [5.41, 5.74) is 1.30. The largest absolute Gasteiger partial charge is 0.355 e. The molecule has 1 atom stereocenters. The summed E-state index contributed by atoms with van der Waals surface area (Å²) in [7, 11) is 1.36. The summed E-state index contributed by atoms with van der Waals surface area (Å²) in [6.45, 7) is -0.597. The molecule has 5 rings (SSSR count). The number of carbonyl (C=O) groups excluding carboxylic acids is 2. The number of nitrogens with one attached hydrogen (secondary N) is 2. The number of halogens is 5. The molecule has 0 saturated heterocycles. The van der Waals surface area contributed by atoms with Crippen LogP contribution in [-0.4, -0.2) is 33.6 Å². The highest BCUT2D eigenvalue weighted by Gasteiger charge is 2.25. The molecule has 2 aromatic heterocycles. The van der Waals surface area contributed by atoms with E-state index in [1.807, 2.05) is 0 Å². The molecule has 0 aliphatic rings. The van der Waals surface area contributed by atoms with Gasteiger partial charge >= 0.3 is 0 Å². The number of nitrogens with zero attached hydrogens (tertiary/aromatic N) is 3. The van der Waals surface area contributed by atoms with Crippen LogP contribution >= 0.6 is 0 Å². The van der Waals surface area contributed by atoms with E-state index in [-0.39, 0.29) is 28.9 Å². The van der Waals surface area contributed by atoms with Crippen LogP contribution in [0.15, 0.2) is 91.1 Å². The third-order valence-corrected chi connectivity index (χ3v) is 7.01. The van der Waals surface area contributed by atoms with Gasteiger partial charge in [-0.3, -0.25) is 19.3 Å². The number of benzene rings is 3. The fourth-order valence-electron chi connectivity index (χ4n) is 4.98. The van der Waals surface area contributed by atoms with Crippen LogP contribution in [0.4, 0.5) is 22.0 Å². The molecule has 0 aliphatic carbocycles. The second-order valence-electron chi connectivity index (χ2n) is 10.1. The Bertz CT molecular complexity index is 1820. The van der Waals surface area contributed by atoms with Gasteiger partial charge in [0.05, 0.1) is 23.0 Å². The van der Waals surface area contributed by atoms with Crippen LogP contribution in [0.3, 0.4) is 0 Å². The second kappa shape index (κ2) is 13.5. The average Bonchev–Trinajstić information content (AvgIpc) is 3.44. The predicted octanol–water partition coefficient (Wildman–Crippen LogP) is 6.43. The van der Waals surface area contributed by atoms with E-state index in [1.54, 1.807) is 42.5 Å². The monoisotopic (exact) mass is 619 g/mol. The van der Waals surface area contributed by atoms with E-state index in [0.717, 1.165) is 22.9 Å². The number of hydrogen-bond acceptors (Lipinski definition) is 4. The Kier molecular flexibility index (Phi) is 9.31. The first kappa shape index (κ1) is 31.0. The molecular weight excluding hydrogens is 593 g/mol. The van der Waals surface area contributed by atoms with E-state index in [4.69, 9.17) is 0 Å². The lowest BCUT2D eigenvalue weighted by atomic mass is 9.94. The zero-order chi connectivity index (χ0) is 32.1. The summed E-state index contributed by atoms with van der Waals surface area (Å²) < 4.78 is 71.5. The zero-order valence-electron chi connectivity index (χ0n) is 23.8. The summed E-state index contributed by atoms with van der Waals surface area (Å²) >= 11 is 0. The van der Waals surface area contributed by atoms with Crippen molar-refractivity contribution in [2.24, 2.45) is 0 Å². The van der Waals surface area contributed by atoms with Crippen molar-refractivity contribution in [2.45, 2.75) is 25.4 Å². The summed E-state index contributed by atoms with van der Waals surface area (Å²) in [5, 5.41) is 9.34. The minimum atomic E-state index is -2.93. The highest BCUT2D eigenvalue weighted by Crippen LogP contribution is 2.31. The van der Waals surface area contributed by atoms with Gasteiger partial charge in [-0.1, -0.05) is 42.5 Å². The lowest BCUT2D eigenvalue weighted by Gasteiger charge is -2.22.